The minimum absolute atomic E-state index is 0.0117. The minimum atomic E-state index is -0.267. The number of piperidine rings is 1. The molecule has 1 atom stereocenters. The molecular formula is C24H25BrN4O2. The lowest BCUT2D eigenvalue weighted by Crippen LogP contribution is -2.47. The molecule has 2 N–H and O–H groups in total. The molecule has 1 aromatic heterocycles. The van der Waals surface area contributed by atoms with E-state index in [2.05, 4.69) is 36.4 Å². The Morgan fingerprint density at radius 2 is 1.77 bits per heavy atom. The molecule has 1 aliphatic rings. The predicted molar refractivity (Wildman–Crippen MR) is 127 cm³/mol. The number of anilines is 2. The van der Waals surface area contributed by atoms with E-state index in [1.165, 1.54) is 0 Å². The SMILES string of the molecule is C[C@H](C(=O)Nc1cccc2ccccc12)N1CCC(C(=O)Nc2ccc(Br)cn2)CC1. The number of nitrogens with one attached hydrogen (secondary N) is 2. The van der Waals surface area contributed by atoms with Crippen LogP contribution >= 0.6 is 15.9 Å². The van der Waals surface area contributed by atoms with E-state index in [0.29, 0.717) is 31.7 Å². The molecule has 2 aromatic carbocycles. The minimum Gasteiger partial charge on any atom is -0.324 e. The average Bonchev–Trinajstić information content (AvgIpc) is 2.80. The Labute approximate surface area is 190 Å². The van der Waals surface area contributed by atoms with Crippen LogP contribution in [0.3, 0.4) is 0 Å². The quantitative estimate of drug-likeness (QED) is 0.555. The number of nitrogens with zero attached hydrogens (tertiary/aromatic N) is 2. The maximum absolute atomic E-state index is 12.9. The molecule has 1 aliphatic heterocycles. The summed E-state index contributed by atoms with van der Waals surface area (Å²) >= 11 is 3.34. The Hall–Kier alpha value is -2.77. The lowest BCUT2D eigenvalue weighted by Gasteiger charge is -2.34. The number of pyridine rings is 1. The van der Waals surface area contributed by atoms with Gasteiger partial charge in [-0.2, -0.15) is 0 Å². The van der Waals surface area contributed by atoms with Crippen LogP contribution in [0.2, 0.25) is 0 Å². The van der Waals surface area contributed by atoms with Gasteiger partial charge in [0.15, 0.2) is 0 Å². The van der Waals surface area contributed by atoms with Gasteiger partial charge in [0.1, 0.15) is 5.82 Å². The fourth-order valence-electron chi connectivity index (χ4n) is 3.96. The highest BCUT2D eigenvalue weighted by atomic mass is 79.9. The van der Waals surface area contributed by atoms with E-state index in [0.717, 1.165) is 20.9 Å². The summed E-state index contributed by atoms with van der Waals surface area (Å²) in [5.41, 5.74) is 0.825. The zero-order valence-corrected chi connectivity index (χ0v) is 18.9. The van der Waals surface area contributed by atoms with E-state index in [-0.39, 0.29) is 23.8 Å². The molecule has 1 fully saturated rings. The highest BCUT2D eigenvalue weighted by Gasteiger charge is 2.30. The van der Waals surface area contributed by atoms with Crippen LogP contribution < -0.4 is 10.6 Å². The molecule has 0 unspecified atom stereocenters. The number of amides is 2. The zero-order valence-electron chi connectivity index (χ0n) is 17.3. The Balaban J connectivity index is 1.32. The molecular weight excluding hydrogens is 456 g/mol. The second-order valence-electron chi connectivity index (χ2n) is 7.85. The molecule has 0 saturated carbocycles. The molecule has 7 heteroatoms. The number of likely N-dealkylation sites (tertiary alicyclic amines) is 1. The topological polar surface area (TPSA) is 74.3 Å². The van der Waals surface area contributed by atoms with Crippen LogP contribution in [-0.4, -0.2) is 40.8 Å². The molecule has 2 heterocycles. The van der Waals surface area contributed by atoms with E-state index in [9.17, 15) is 9.59 Å². The Morgan fingerprint density at radius 3 is 2.52 bits per heavy atom. The first-order chi connectivity index (χ1) is 15.0. The van der Waals surface area contributed by atoms with Crippen molar-refractivity contribution >= 4 is 50.0 Å². The molecule has 0 bridgehead atoms. The van der Waals surface area contributed by atoms with Crippen LogP contribution in [0, 0.1) is 5.92 Å². The summed E-state index contributed by atoms with van der Waals surface area (Å²) in [7, 11) is 0. The molecule has 6 nitrogen and oxygen atoms in total. The maximum Gasteiger partial charge on any atom is 0.241 e. The van der Waals surface area contributed by atoms with Crippen molar-refractivity contribution in [3.63, 3.8) is 0 Å². The Bertz CT molecular complexity index is 1070. The number of rotatable bonds is 5. The number of carbonyl (C=O) groups excluding carboxylic acids is 2. The first-order valence-electron chi connectivity index (χ1n) is 10.5. The molecule has 0 radical (unpaired) electrons. The number of fused-ring (bicyclic) bond motifs is 1. The smallest absolute Gasteiger partial charge is 0.241 e. The predicted octanol–water partition coefficient (Wildman–Crippen LogP) is 4.68. The van der Waals surface area contributed by atoms with Gasteiger partial charge in [0, 0.05) is 27.7 Å². The largest absolute Gasteiger partial charge is 0.324 e. The molecule has 4 rings (SSSR count). The maximum atomic E-state index is 12.9. The summed E-state index contributed by atoms with van der Waals surface area (Å²) in [5.74, 6) is 0.439. The van der Waals surface area contributed by atoms with Crippen LogP contribution in [0.25, 0.3) is 10.8 Å². The van der Waals surface area contributed by atoms with Crippen molar-refractivity contribution in [2.75, 3.05) is 23.7 Å². The summed E-state index contributed by atoms with van der Waals surface area (Å²) < 4.78 is 0.870. The molecule has 2 amide bonds. The van der Waals surface area contributed by atoms with Gasteiger partial charge >= 0.3 is 0 Å². The summed E-state index contributed by atoms with van der Waals surface area (Å²) in [5, 5.41) is 8.10. The van der Waals surface area contributed by atoms with Crippen molar-refractivity contribution in [2.24, 2.45) is 5.92 Å². The average molecular weight is 481 g/mol. The van der Waals surface area contributed by atoms with Gasteiger partial charge in [0.05, 0.1) is 6.04 Å². The van der Waals surface area contributed by atoms with Gasteiger partial charge in [0.25, 0.3) is 0 Å². The van der Waals surface area contributed by atoms with Gasteiger partial charge in [0.2, 0.25) is 11.8 Å². The van der Waals surface area contributed by atoms with Crippen LogP contribution in [0.5, 0.6) is 0 Å². The normalized spacial score (nSPS) is 16.1. The second kappa shape index (κ2) is 9.58. The summed E-state index contributed by atoms with van der Waals surface area (Å²) in [4.78, 5) is 31.8. The van der Waals surface area contributed by atoms with E-state index in [1.54, 1.807) is 12.3 Å². The van der Waals surface area contributed by atoms with Crippen molar-refractivity contribution in [3.05, 3.63) is 65.3 Å². The van der Waals surface area contributed by atoms with Crippen molar-refractivity contribution < 1.29 is 9.59 Å². The van der Waals surface area contributed by atoms with Gasteiger partial charge in [-0.05, 0) is 72.4 Å². The fourth-order valence-corrected chi connectivity index (χ4v) is 4.20. The highest BCUT2D eigenvalue weighted by Crippen LogP contribution is 2.25. The van der Waals surface area contributed by atoms with E-state index < -0.39 is 0 Å². The van der Waals surface area contributed by atoms with Crippen molar-refractivity contribution in [1.82, 2.24) is 9.88 Å². The Morgan fingerprint density at radius 1 is 1.03 bits per heavy atom. The third kappa shape index (κ3) is 5.11. The lowest BCUT2D eigenvalue weighted by molar-refractivity contribution is -0.123. The molecule has 0 spiro atoms. The molecule has 160 valence electrons. The lowest BCUT2D eigenvalue weighted by atomic mass is 9.95. The number of halogens is 1. The van der Waals surface area contributed by atoms with Gasteiger partial charge in [-0.15, -0.1) is 0 Å². The molecule has 0 aliphatic carbocycles. The highest BCUT2D eigenvalue weighted by molar-refractivity contribution is 9.10. The Kier molecular flexibility index (Phi) is 6.63. The van der Waals surface area contributed by atoms with E-state index in [1.807, 2.05) is 55.5 Å². The van der Waals surface area contributed by atoms with Gasteiger partial charge < -0.3 is 10.6 Å². The van der Waals surface area contributed by atoms with Crippen LogP contribution in [0.1, 0.15) is 19.8 Å². The number of benzene rings is 2. The fraction of sp³-hybridized carbons (Fsp3) is 0.292. The molecule has 31 heavy (non-hydrogen) atoms. The number of hydrogen-bond acceptors (Lipinski definition) is 4. The number of hydrogen-bond donors (Lipinski definition) is 2. The van der Waals surface area contributed by atoms with Gasteiger partial charge in [-0.1, -0.05) is 36.4 Å². The first-order valence-corrected chi connectivity index (χ1v) is 11.3. The second-order valence-corrected chi connectivity index (χ2v) is 8.77. The summed E-state index contributed by atoms with van der Waals surface area (Å²) in [6.45, 7) is 3.33. The molecule has 1 saturated heterocycles. The third-order valence-electron chi connectivity index (χ3n) is 5.85. The van der Waals surface area contributed by atoms with Crippen LogP contribution in [0.15, 0.2) is 65.3 Å². The van der Waals surface area contributed by atoms with Gasteiger partial charge in [-0.3, -0.25) is 14.5 Å². The number of aromatic nitrogens is 1. The van der Waals surface area contributed by atoms with E-state index in [4.69, 9.17) is 0 Å². The number of carbonyl (C=O) groups is 2. The monoisotopic (exact) mass is 480 g/mol. The third-order valence-corrected chi connectivity index (χ3v) is 6.32. The zero-order chi connectivity index (χ0) is 21.8. The summed E-state index contributed by atoms with van der Waals surface area (Å²) in [6, 6.07) is 17.3. The van der Waals surface area contributed by atoms with Crippen molar-refractivity contribution in [1.29, 1.82) is 0 Å². The van der Waals surface area contributed by atoms with Crippen LogP contribution in [-0.2, 0) is 9.59 Å². The molecule has 3 aromatic rings. The van der Waals surface area contributed by atoms with Crippen molar-refractivity contribution in [2.45, 2.75) is 25.8 Å². The van der Waals surface area contributed by atoms with Crippen molar-refractivity contribution in [3.8, 4) is 0 Å². The summed E-state index contributed by atoms with van der Waals surface area (Å²) in [6.07, 6.45) is 3.09. The van der Waals surface area contributed by atoms with Gasteiger partial charge in [-0.25, -0.2) is 4.98 Å². The standard InChI is InChI=1S/C24H25BrN4O2/c1-16(23(30)27-21-8-4-6-17-5-2-3-7-20(17)21)29-13-11-18(12-14-29)24(31)28-22-10-9-19(25)15-26-22/h2-10,15-16,18H,11-14H2,1H3,(H,27,30)(H,26,28,31)/t16-/m1/s1. The van der Waals surface area contributed by atoms with Crippen LogP contribution in [0.4, 0.5) is 11.5 Å². The van der Waals surface area contributed by atoms with E-state index >= 15 is 0 Å². The first kappa shape index (κ1) is 21.5.